The maximum Gasteiger partial charge on any atom is 0.419 e. The molecule has 0 saturated heterocycles. The van der Waals surface area contributed by atoms with Gasteiger partial charge in [0.25, 0.3) is 0 Å². The number of unbranched alkanes of at least 4 members (excludes halogenated alkanes) is 1. The summed E-state index contributed by atoms with van der Waals surface area (Å²) < 4.78 is 16.9. The van der Waals surface area contributed by atoms with Gasteiger partial charge in [-0.3, -0.25) is 4.79 Å². The van der Waals surface area contributed by atoms with Gasteiger partial charge in [0.05, 0.1) is 11.7 Å². The Kier molecular flexibility index (Phi) is 13.5. The van der Waals surface area contributed by atoms with E-state index in [-0.39, 0.29) is 44.7 Å². The Morgan fingerprint density at radius 2 is 1.53 bits per heavy atom. The Balaban J connectivity index is 1.59. The van der Waals surface area contributed by atoms with Gasteiger partial charge in [-0.1, -0.05) is 60.7 Å². The number of carbonyl (C=O) groups excluding carboxylic acids is 4. The van der Waals surface area contributed by atoms with Crippen LogP contribution in [0.2, 0.25) is 0 Å². The lowest BCUT2D eigenvalue weighted by molar-refractivity contribution is -0.150. The van der Waals surface area contributed by atoms with Crippen molar-refractivity contribution in [1.29, 1.82) is 0 Å². The third kappa shape index (κ3) is 12.2. The van der Waals surface area contributed by atoms with Gasteiger partial charge in [-0.2, -0.15) is 0 Å². The van der Waals surface area contributed by atoms with Crippen molar-refractivity contribution in [3.05, 3.63) is 90.0 Å². The zero-order valence-electron chi connectivity index (χ0n) is 26.7. The van der Waals surface area contributed by atoms with E-state index in [1.54, 1.807) is 32.9 Å². The van der Waals surface area contributed by atoms with Gasteiger partial charge >= 0.3 is 24.2 Å². The Labute approximate surface area is 272 Å². The highest BCUT2D eigenvalue weighted by Gasteiger charge is 2.39. The zero-order valence-corrected chi connectivity index (χ0v) is 26.7. The van der Waals surface area contributed by atoms with Gasteiger partial charge in [0.1, 0.15) is 31.2 Å². The summed E-state index contributed by atoms with van der Waals surface area (Å²) in [7, 11) is 0. The molecule has 14 nitrogen and oxygen atoms in total. The van der Waals surface area contributed by atoms with E-state index in [0.29, 0.717) is 11.3 Å². The van der Waals surface area contributed by atoms with E-state index in [0.717, 1.165) is 15.7 Å². The summed E-state index contributed by atoms with van der Waals surface area (Å²) in [6.07, 6.45) is 0.274. The van der Waals surface area contributed by atoms with Crippen LogP contribution in [0.5, 0.6) is 0 Å². The smallest absolute Gasteiger partial charge is 0.419 e. The number of imide groups is 1. The Morgan fingerprint density at radius 1 is 0.936 bits per heavy atom. The zero-order chi connectivity index (χ0) is 34.4. The summed E-state index contributed by atoms with van der Waals surface area (Å²) in [5, 5.41) is 12.6. The predicted octanol–water partition coefficient (Wildman–Crippen LogP) is 4.25. The van der Waals surface area contributed by atoms with Crippen LogP contribution in [-0.4, -0.2) is 73.9 Å². The average Bonchev–Trinajstić information content (AvgIpc) is 3.50. The van der Waals surface area contributed by atoms with Crippen LogP contribution in [-0.2, 0) is 43.4 Å². The number of hydrogen-bond acceptors (Lipinski definition) is 10. The van der Waals surface area contributed by atoms with Crippen LogP contribution < -0.4 is 11.1 Å². The van der Waals surface area contributed by atoms with Crippen LogP contribution in [0, 0.1) is 0 Å². The first kappa shape index (κ1) is 36.2. The molecule has 0 radical (unpaired) electrons. The fraction of sp³-hybridized carbons (Fsp3) is 0.394. The normalized spacial score (nSPS) is 12.3. The molecule has 1 heterocycles. The number of amides is 3. The van der Waals surface area contributed by atoms with E-state index in [1.807, 2.05) is 48.5 Å². The SMILES string of the molecule is CC(C)(C)OC(=O)N(C(=O)[C@@H](N)Cc1cn(C(=O)OCc2ccccc2)cn1)[C@@H](CCCCNC(=O)OCc1ccccc1)C(=O)O. The van der Waals surface area contributed by atoms with Gasteiger partial charge in [0, 0.05) is 19.2 Å². The molecule has 1 aromatic heterocycles. The summed E-state index contributed by atoms with van der Waals surface area (Å²) in [6, 6.07) is 15.2. The topological polar surface area (TPSA) is 192 Å². The highest BCUT2D eigenvalue weighted by Crippen LogP contribution is 2.18. The third-order valence-electron chi connectivity index (χ3n) is 6.61. The molecule has 3 amide bonds. The molecule has 0 aliphatic carbocycles. The monoisotopic (exact) mass is 651 g/mol. The van der Waals surface area contributed by atoms with E-state index in [2.05, 4.69) is 10.3 Å². The van der Waals surface area contributed by atoms with E-state index in [9.17, 15) is 29.1 Å². The van der Waals surface area contributed by atoms with Crippen LogP contribution in [0.25, 0.3) is 0 Å². The molecule has 0 saturated carbocycles. The highest BCUT2D eigenvalue weighted by atomic mass is 16.6. The summed E-state index contributed by atoms with van der Waals surface area (Å²) in [5.74, 6) is -2.42. The number of benzene rings is 2. The molecule has 2 atom stereocenters. The lowest BCUT2D eigenvalue weighted by Crippen LogP contribution is -2.55. The predicted molar refractivity (Wildman–Crippen MR) is 169 cm³/mol. The second-order valence-electron chi connectivity index (χ2n) is 11.6. The molecular weight excluding hydrogens is 610 g/mol. The number of aliphatic carboxylic acids is 1. The fourth-order valence-corrected chi connectivity index (χ4v) is 4.33. The van der Waals surface area contributed by atoms with E-state index in [1.165, 1.54) is 12.5 Å². The van der Waals surface area contributed by atoms with Gasteiger partial charge in [0.2, 0.25) is 5.91 Å². The van der Waals surface area contributed by atoms with Crippen molar-refractivity contribution in [1.82, 2.24) is 19.8 Å². The van der Waals surface area contributed by atoms with Crippen LogP contribution in [0.15, 0.2) is 73.2 Å². The molecule has 3 rings (SSSR count). The maximum atomic E-state index is 13.5. The van der Waals surface area contributed by atoms with Gasteiger partial charge < -0.3 is 30.4 Å². The number of aromatic nitrogens is 2. The van der Waals surface area contributed by atoms with Gasteiger partial charge in [0.15, 0.2) is 0 Å². The molecule has 0 fully saturated rings. The second kappa shape index (κ2) is 17.5. The van der Waals surface area contributed by atoms with E-state index in [4.69, 9.17) is 19.9 Å². The molecule has 47 heavy (non-hydrogen) atoms. The van der Waals surface area contributed by atoms with Gasteiger partial charge in [-0.15, -0.1) is 0 Å². The van der Waals surface area contributed by atoms with Crippen LogP contribution >= 0.6 is 0 Å². The molecular formula is C33H41N5O9. The van der Waals surface area contributed by atoms with Crippen LogP contribution in [0.1, 0.15) is 56.9 Å². The number of alkyl carbamates (subject to hydrolysis) is 1. The second-order valence-corrected chi connectivity index (χ2v) is 11.6. The molecule has 0 aliphatic heterocycles. The van der Waals surface area contributed by atoms with E-state index >= 15 is 0 Å². The number of ether oxygens (including phenoxy) is 3. The van der Waals surface area contributed by atoms with Crippen molar-refractivity contribution in [3.8, 4) is 0 Å². The summed E-state index contributed by atoms with van der Waals surface area (Å²) in [5.41, 5.74) is 6.99. The highest BCUT2D eigenvalue weighted by molar-refractivity contribution is 5.99. The number of imidazole rings is 1. The van der Waals surface area contributed by atoms with Crippen molar-refractivity contribution in [2.75, 3.05) is 6.54 Å². The van der Waals surface area contributed by atoms with Crippen molar-refractivity contribution < 1.29 is 43.3 Å². The number of carboxylic acid groups (broad SMARTS) is 1. The lowest BCUT2D eigenvalue weighted by atomic mass is 10.1. The van der Waals surface area contributed by atoms with Crippen molar-refractivity contribution in [2.45, 2.75) is 77.4 Å². The third-order valence-corrected chi connectivity index (χ3v) is 6.61. The largest absolute Gasteiger partial charge is 0.480 e. The summed E-state index contributed by atoms with van der Waals surface area (Å²) in [6.45, 7) is 5.05. The molecule has 252 valence electrons. The fourth-order valence-electron chi connectivity index (χ4n) is 4.33. The molecule has 0 aliphatic rings. The van der Waals surface area contributed by atoms with Gasteiger partial charge in [-0.25, -0.2) is 33.6 Å². The first-order valence-corrected chi connectivity index (χ1v) is 15.1. The van der Waals surface area contributed by atoms with Crippen LogP contribution in [0.4, 0.5) is 14.4 Å². The quantitative estimate of drug-likeness (QED) is 0.167. The Bertz CT molecular complexity index is 1490. The molecule has 0 spiro atoms. The van der Waals surface area contributed by atoms with Crippen LogP contribution in [0.3, 0.4) is 0 Å². The Morgan fingerprint density at radius 3 is 2.11 bits per heavy atom. The minimum absolute atomic E-state index is 0.0427. The number of carbonyl (C=O) groups is 5. The summed E-state index contributed by atoms with van der Waals surface area (Å²) in [4.78, 5) is 68.1. The molecule has 0 bridgehead atoms. The standard InChI is InChI=1S/C33H41N5O9/c1-33(2,3)47-32(44)38(27(29(40)41)16-10-11-17-35-30(42)45-20-23-12-6-4-7-13-23)28(39)26(34)18-25-19-37(22-36-25)31(43)46-21-24-14-8-5-9-15-24/h4-9,12-15,19,22,26-27H,10-11,16-18,20-21,34H2,1-3H3,(H,35,42)(H,40,41)/t26-,27-/m0/s1. The summed E-state index contributed by atoms with van der Waals surface area (Å²) >= 11 is 0. The molecule has 2 aromatic carbocycles. The molecule has 3 aromatic rings. The number of nitrogens with one attached hydrogen (secondary N) is 1. The number of nitrogens with two attached hydrogens (primary N) is 1. The first-order valence-electron chi connectivity index (χ1n) is 15.1. The van der Waals surface area contributed by atoms with E-state index < -0.39 is 47.8 Å². The number of nitrogens with zero attached hydrogens (tertiary/aromatic N) is 3. The van der Waals surface area contributed by atoms with Crippen molar-refractivity contribution in [3.63, 3.8) is 0 Å². The van der Waals surface area contributed by atoms with Crippen molar-refractivity contribution >= 4 is 30.2 Å². The number of rotatable bonds is 14. The molecule has 14 heteroatoms. The maximum absolute atomic E-state index is 13.5. The average molecular weight is 652 g/mol. The lowest BCUT2D eigenvalue weighted by Gasteiger charge is -2.31. The molecule has 4 N–H and O–H groups in total. The first-order chi connectivity index (χ1) is 22.3. The van der Waals surface area contributed by atoms with Crippen molar-refractivity contribution in [2.24, 2.45) is 5.73 Å². The Hall–Kier alpha value is -5.24. The minimum atomic E-state index is -1.60. The number of carboxylic acids is 1. The number of hydrogen-bond donors (Lipinski definition) is 3. The van der Waals surface area contributed by atoms with Gasteiger partial charge in [-0.05, 0) is 51.2 Å². The molecule has 0 unspecified atom stereocenters. The minimum Gasteiger partial charge on any atom is -0.480 e.